The van der Waals surface area contributed by atoms with Gasteiger partial charge in [-0.25, -0.2) is 5.84 Å². The maximum absolute atomic E-state index is 5.49. The zero-order chi connectivity index (χ0) is 11.2. The molecule has 2 aliphatic carbocycles. The molecular formula is C12H24N4. The van der Waals surface area contributed by atoms with Crippen LogP contribution in [0, 0.1) is 5.92 Å². The second-order valence-corrected chi connectivity index (χ2v) is 5.11. The van der Waals surface area contributed by atoms with Gasteiger partial charge >= 0.3 is 0 Å². The Bertz CT molecular complexity index is 227. The summed E-state index contributed by atoms with van der Waals surface area (Å²) in [6.07, 6.45) is 10.6. The molecule has 4 heteroatoms. The average Bonchev–Trinajstić information content (AvgIpc) is 2.97. The second-order valence-electron chi connectivity index (χ2n) is 5.11. The van der Waals surface area contributed by atoms with E-state index in [4.69, 9.17) is 5.84 Å². The lowest BCUT2D eigenvalue weighted by molar-refractivity contribution is 0.554. The first kappa shape index (κ1) is 11.7. The van der Waals surface area contributed by atoms with Crippen LogP contribution in [0.15, 0.2) is 4.99 Å². The number of hydrogen-bond donors (Lipinski definition) is 3. The van der Waals surface area contributed by atoms with E-state index in [9.17, 15) is 0 Å². The van der Waals surface area contributed by atoms with E-state index in [0.717, 1.165) is 18.4 Å². The van der Waals surface area contributed by atoms with Crippen molar-refractivity contribution in [2.24, 2.45) is 16.8 Å². The molecule has 0 saturated heterocycles. The summed E-state index contributed by atoms with van der Waals surface area (Å²) in [7, 11) is 0. The third kappa shape index (κ3) is 3.37. The molecule has 92 valence electrons. The number of guanidine groups is 1. The van der Waals surface area contributed by atoms with E-state index in [1.54, 1.807) is 0 Å². The maximum Gasteiger partial charge on any atom is 0.205 e. The van der Waals surface area contributed by atoms with Gasteiger partial charge in [-0.05, 0) is 31.6 Å². The smallest absolute Gasteiger partial charge is 0.205 e. The van der Waals surface area contributed by atoms with E-state index in [1.807, 2.05) is 0 Å². The molecule has 2 rings (SSSR count). The number of rotatable bonds is 3. The topological polar surface area (TPSA) is 62.4 Å². The van der Waals surface area contributed by atoms with Crippen LogP contribution in [0.3, 0.4) is 0 Å². The average molecular weight is 224 g/mol. The first-order chi connectivity index (χ1) is 7.88. The molecule has 16 heavy (non-hydrogen) atoms. The lowest BCUT2D eigenvalue weighted by atomic mass is 10.1. The predicted octanol–water partition coefficient (Wildman–Crippen LogP) is 1.53. The normalized spacial score (nSPS) is 23.9. The molecule has 0 bridgehead atoms. The van der Waals surface area contributed by atoms with Crippen LogP contribution in [-0.4, -0.2) is 18.5 Å². The van der Waals surface area contributed by atoms with Gasteiger partial charge in [-0.2, -0.15) is 0 Å². The van der Waals surface area contributed by atoms with Crippen molar-refractivity contribution >= 4 is 5.96 Å². The summed E-state index contributed by atoms with van der Waals surface area (Å²) < 4.78 is 0. The summed E-state index contributed by atoms with van der Waals surface area (Å²) in [5, 5.41) is 3.40. The first-order valence-corrected chi connectivity index (χ1v) is 6.66. The summed E-state index contributed by atoms with van der Waals surface area (Å²) in [6, 6.07) is 0.582. The zero-order valence-electron chi connectivity index (χ0n) is 10.0. The van der Waals surface area contributed by atoms with Crippen LogP contribution in [-0.2, 0) is 0 Å². The fourth-order valence-corrected chi connectivity index (χ4v) is 2.81. The minimum Gasteiger partial charge on any atom is -0.353 e. The molecule has 4 nitrogen and oxygen atoms in total. The van der Waals surface area contributed by atoms with Crippen molar-refractivity contribution < 1.29 is 0 Å². The van der Waals surface area contributed by atoms with Gasteiger partial charge in [0.05, 0.1) is 0 Å². The molecule has 0 aromatic carbocycles. The summed E-state index contributed by atoms with van der Waals surface area (Å²) >= 11 is 0. The molecule has 0 radical (unpaired) electrons. The number of hydrogen-bond acceptors (Lipinski definition) is 2. The van der Waals surface area contributed by atoms with Crippen LogP contribution in [0.4, 0.5) is 0 Å². The Kier molecular flexibility index (Phi) is 4.45. The Balaban J connectivity index is 1.75. The maximum atomic E-state index is 5.49. The Morgan fingerprint density at radius 2 is 1.69 bits per heavy atom. The van der Waals surface area contributed by atoms with Crippen LogP contribution in [0.2, 0.25) is 0 Å². The molecule has 2 saturated carbocycles. The minimum absolute atomic E-state index is 0.582. The summed E-state index contributed by atoms with van der Waals surface area (Å²) in [5.74, 6) is 7.07. The zero-order valence-corrected chi connectivity index (χ0v) is 10.0. The van der Waals surface area contributed by atoms with Gasteiger partial charge in [-0.3, -0.25) is 10.4 Å². The van der Waals surface area contributed by atoms with Crippen LogP contribution in [0.1, 0.15) is 51.4 Å². The van der Waals surface area contributed by atoms with Crippen LogP contribution >= 0.6 is 0 Å². The van der Waals surface area contributed by atoms with Gasteiger partial charge in [-0.1, -0.05) is 25.7 Å². The second kappa shape index (κ2) is 6.09. The predicted molar refractivity (Wildman–Crippen MR) is 67.0 cm³/mol. The van der Waals surface area contributed by atoms with Crippen LogP contribution in [0.25, 0.3) is 0 Å². The van der Waals surface area contributed by atoms with Crippen molar-refractivity contribution in [3.8, 4) is 0 Å². The largest absolute Gasteiger partial charge is 0.353 e. The van der Waals surface area contributed by atoms with E-state index >= 15 is 0 Å². The molecule has 0 aliphatic heterocycles. The highest BCUT2D eigenvalue weighted by Gasteiger charge is 2.17. The quantitative estimate of drug-likeness (QED) is 0.295. The molecular weight excluding hydrogens is 200 g/mol. The number of nitrogens with two attached hydrogens (primary N) is 1. The molecule has 0 aromatic rings. The molecule has 4 N–H and O–H groups in total. The molecule has 2 aliphatic rings. The fourth-order valence-electron chi connectivity index (χ4n) is 2.81. The fraction of sp³-hybridized carbons (Fsp3) is 0.917. The lowest BCUT2D eigenvalue weighted by Crippen LogP contribution is -2.45. The Labute approximate surface area is 98.0 Å². The molecule has 2 fully saturated rings. The number of aliphatic imine (C=N–C) groups is 1. The van der Waals surface area contributed by atoms with Crippen LogP contribution < -0.4 is 16.6 Å². The molecule has 0 amide bonds. The Hall–Kier alpha value is -0.770. The minimum atomic E-state index is 0.582. The molecule has 0 aromatic heterocycles. The number of nitrogens with zero attached hydrogens (tertiary/aromatic N) is 1. The number of nitrogens with one attached hydrogen (secondary N) is 2. The van der Waals surface area contributed by atoms with Crippen molar-refractivity contribution in [3.05, 3.63) is 0 Å². The van der Waals surface area contributed by atoms with Crippen LogP contribution in [0.5, 0.6) is 0 Å². The highest BCUT2D eigenvalue weighted by atomic mass is 15.3. The number of hydrazine groups is 1. The van der Waals surface area contributed by atoms with Gasteiger partial charge in [0.15, 0.2) is 0 Å². The highest BCUT2D eigenvalue weighted by molar-refractivity contribution is 5.79. The summed E-state index contributed by atoms with van der Waals surface area (Å²) in [4.78, 5) is 4.56. The summed E-state index contributed by atoms with van der Waals surface area (Å²) in [5.41, 5.74) is 2.69. The van der Waals surface area contributed by atoms with E-state index in [2.05, 4.69) is 15.7 Å². The van der Waals surface area contributed by atoms with Gasteiger partial charge in [0, 0.05) is 12.6 Å². The van der Waals surface area contributed by atoms with Crippen molar-refractivity contribution in [1.29, 1.82) is 0 Å². The third-order valence-electron chi connectivity index (χ3n) is 3.82. The Morgan fingerprint density at radius 1 is 1.06 bits per heavy atom. The van der Waals surface area contributed by atoms with E-state index in [0.29, 0.717) is 6.04 Å². The van der Waals surface area contributed by atoms with Gasteiger partial charge in [0.1, 0.15) is 0 Å². The van der Waals surface area contributed by atoms with Gasteiger partial charge in [0.25, 0.3) is 0 Å². The Morgan fingerprint density at radius 3 is 2.31 bits per heavy atom. The van der Waals surface area contributed by atoms with Crippen molar-refractivity contribution in [2.75, 3.05) is 6.54 Å². The van der Waals surface area contributed by atoms with E-state index in [-0.39, 0.29) is 0 Å². The summed E-state index contributed by atoms with van der Waals surface area (Å²) in [6.45, 7) is 0.930. The van der Waals surface area contributed by atoms with Crippen molar-refractivity contribution in [1.82, 2.24) is 10.7 Å². The van der Waals surface area contributed by atoms with Gasteiger partial charge in [0.2, 0.25) is 5.96 Å². The molecule has 0 heterocycles. The van der Waals surface area contributed by atoms with E-state index < -0.39 is 0 Å². The van der Waals surface area contributed by atoms with Gasteiger partial charge in [-0.15, -0.1) is 0 Å². The van der Waals surface area contributed by atoms with Crippen molar-refractivity contribution in [3.63, 3.8) is 0 Å². The molecule has 0 atom stereocenters. The SMILES string of the molecule is NNC(=NCC1CCCC1)NC1CCCC1. The monoisotopic (exact) mass is 224 g/mol. The standard InChI is InChI=1S/C12H24N4/c13-16-12(15-11-7-3-4-8-11)14-9-10-5-1-2-6-10/h10-11H,1-9,13H2,(H2,14,15,16). The van der Waals surface area contributed by atoms with Crippen molar-refractivity contribution in [2.45, 2.75) is 57.4 Å². The highest BCUT2D eigenvalue weighted by Crippen LogP contribution is 2.24. The first-order valence-electron chi connectivity index (χ1n) is 6.66. The lowest BCUT2D eigenvalue weighted by Gasteiger charge is -2.15. The molecule has 0 spiro atoms. The van der Waals surface area contributed by atoms with Gasteiger partial charge < -0.3 is 5.32 Å². The van der Waals surface area contributed by atoms with E-state index in [1.165, 1.54) is 51.4 Å². The third-order valence-corrected chi connectivity index (χ3v) is 3.82. The molecule has 0 unspecified atom stereocenters.